The molecule has 0 aliphatic rings. The van der Waals surface area contributed by atoms with Crippen LogP contribution in [0.4, 0.5) is 0 Å². The summed E-state index contributed by atoms with van der Waals surface area (Å²) in [6, 6.07) is 0. The van der Waals surface area contributed by atoms with Crippen LogP contribution >= 0.6 is 22.9 Å². The van der Waals surface area contributed by atoms with Crippen molar-refractivity contribution in [2.24, 2.45) is 5.92 Å². The van der Waals surface area contributed by atoms with Gasteiger partial charge in [0.15, 0.2) is 0 Å². The SMILES string of the molecule is CCC(C)(C)OCC(CO)C(=O)NI. The number of ether oxygens (including phenoxy) is 1. The van der Waals surface area contributed by atoms with Crippen LogP contribution in [0.3, 0.4) is 0 Å². The van der Waals surface area contributed by atoms with E-state index in [0.29, 0.717) is 0 Å². The molecule has 14 heavy (non-hydrogen) atoms. The lowest BCUT2D eigenvalue weighted by atomic mass is 10.1. The second kappa shape index (κ2) is 6.58. The fourth-order valence-corrected chi connectivity index (χ4v) is 1.16. The average Bonchev–Trinajstić information content (AvgIpc) is 2.18. The topological polar surface area (TPSA) is 58.6 Å². The molecule has 0 spiro atoms. The Morgan fingerprint density at radius 1 is 1.64 bits per heavy atom. The second-order valence-corrected chi connectivity index (χ2v) is 4.30. The van der Waals surface area contributed by atoms with Gasteiger partial charge in [-0.15, -0.1) is 0 Å². The van der Waals surface area contributed by atoms with E-state index in [1.54, 1.807) is 22.9 Å². The fourth-order valence-electron chi connectivity index (χ4n) is 0.717. The highest BCUT2D eigenvalue weighted by molar-refractivity contribution is 14.1. The van der Waals surface area contributed by atoms with Gasteiger partial charge in [0.1, 0.15) is 0 Å². The van der Waals surface area contributed by atoms with Crippen LogP contribution in [0.2, 0.25) is 0 Å². The van der Waals surface area contributed by atoms with Crippen molar-refractivity contribution in [1.82, 2.24) is 3.53 Å². The molecule has 0 aliphatic carbocycles. The van der Waals surface area contributed by atoms with E-state index in [1.165, 1.54) is 0 Å². The smallest absolute Gasteiger partial charge is 0.236 e. The van der Waals surface area contributed by atoms with E-state index in [1.807, 2.05) is 20.8 Å². The van der Waals surface area contributed by atoms with Crippen molar-refractivity contribution < 1.29 is 14.6 Å². The predicted octanol–water partition coefficient (Wildman–Crippen LogP) is 1.27. The van der Waals surface area contributed by atoms with Crippen LogP contribution in [-0.4, -0.2) is 29.8 Å². The summed E-state index contributed by atoms with van der Waals surface area (Å²) in [5.41, 5.74) is -0.237. The van der Waals surface area contributed by atoms with Crippen LogP contribution in [0.1, 0.15) is 27.2 Å². The summed E-state index contributed by atoms with van der Waals surface area (Å²) in [5.74, 6) is -0.669. The zero-order chi connectivity index (χ0) is 11.2. The van der Waals surface area contributed by atoms with Gasteiger partial charge in [-0.1, -0.05) is 6.92 Å². The number of hydrogen-bond acceptors (Lipinski definition) is 3. The van der Waals surface area contributed by atoms with Gasteiger partial charge in [0, 0.05) is 0 Å². The Kier molecular flexibility index (Phi) is 6.63. The minimum atomic E-state index is -0.474. The molecule has 0 aliphatic heterocycles. The van der Waals surface area contributed by atoms with Crippen molar-refractivity contribution in [3.8, 4) is 0 Å². The zero-order valence-electron chi connectivity index (χ0n) is 8.84. The lowest BCUT2D eigenvalue weighted by Crippen LogP contribution is -2.34. The molecule has 0 bridgehead atoms. The highest BCUT2D eigenvalue weighted by Gasteiger charge is 2.22. The number of amides is 1. The third-order valence-electron chi connectivity index (χ3n) is 2.21. The van der Waals surface area contributed by atoms with Crippen LogP contribution in [-0.2, 0) is 9.53 Å². The number of aliphatic hydroxyl groups is 1. The quantitative estimate of drug-likeness (QED) is 0.573. The number of carbonyl (C=O) groups is 1. The van der Waals surface area contributed by atoms with Gasteiger partial charge < -0.3 is 9.84 Å². The summed E-state index contributed by atoms with van der Waals surface area (Å²) in [6.07, 6.45) is 0.872. The molecule has 0 aromatic carbocycles. The van der Waals surface area contributed by atoms with Gasteiger partial charge in [-0.25, -0.2) is 0 Å². The van der Waals surface area contributed by atoms with E-state index in [4.69, 9.17) is 9.84 Å². The van der Waals surface area contributed by atoms with Crippen molar-refractivity contribution in [3.63, 3.8) is 0 Å². The van der Waals surface area contributed by atoms with E-state index < -0.39 is 5.92 Å². The normalized spacial score (nSPS) is 13.8. The molecule has 0 heterocycles. The molecule has 4 nitrogen and oxygen atoms in total. The minimum Gasteiger partial charge on any atom is -0.395 e. The molecule has 1 amide bonds. The standard InChI is InChI=1S/C9H18INO3/c1-4-9(2,3)14-6-7(5-12)8(13)11-10/h7,12H,4-6H2,1-3H3,(H,11,13). The van der Waals surface area contributed by atoms with Crippen LogP contribution in [0, 0.1) is 5.92 Å². The average molecular weight is 315 g/mol. The molecule has 0 saturated heterocycles. The van der Waals surface area contributed by atoms with Gasteiger partial charge in [0.2, 0.25) is 5.91 Å². The van der Waals surface area contributed by atoms with E-state index in [9.17, 15) is 4.79 Å². The Balaban J connectivity index is 4.02. The van der Waals surface area contributed by atoms with Crippen molar-refractivity contribution in [1.29, 1.82) is 0 Å². The van der Waals surface area contributed by atoms with Gasteiger partial charge in [-0.05, 0) is 20.3 Å². The van der Waals surface area contributed by atoms with Crippen LogP contribution in [0.15, 0.2) is 0 Å². The van der Waals surface area contributed by atoms with E-state index in [-0.39, 0.29) is 24.7 Å². The third kappa shape index (κ3) is 5.11. The summed E-state index contributed by atoms with van der Waals surface area (Å²) in [7, 11) is 0. The predicted molar refractivity (Wildman–Crippen MR) is 63.1 cm³/mol. The summed E-state index contributed by atoms with van der Waals surface area (Å²) in [5, 5.41) is 8.95. The molecular formula is C9H18INO3. The largest absolute Gasteiger partial charge is 0.395 e. The van der Waals surface area contributed by atoms with Crippen LogP contribution in [0.25, 0.3) is 0 Å². The Morgan fingerprint density at radius 3 is 2.57 bits per heavy atom. The maximum absolute atomic E-state index is 11.2. The molecule has 5 heteroatoms. The summed E-state index contributed by atoms with van der Waals surface area (Å²) < 4.78 is 7.99. The first kappa shape index (κ1) is 14.1. The third-order valence-corrected chi connectivity index (χ3v) is 2.74. The monoisotopic (exact) mass is 315 g/mol. The first-order valence-electron chi connectivity index (χ1n) is 4.62. The highest BCUT2D eigenvalue weighted by atomic mass is 127. The summed E-state index contributed by atoms with van der Waals surface area (Å²) in [4.78, 5) is 11.2. The molecule has 0 radical (unpaired) electrons. The van der Waals surface area contributed by atoms with Crippen molar-refractivity contribution in [3.05, 3.63) is 0 Å². The summed E-state index contributed by atoms with van der Waals surface area (Å²) in [6.45, 7) is 6.01. The number of carbonyl (C=O) groups excluding carboxylic acids is 1. The van der Waals surface area contributed by atoms with Gasteiger partial charge in [0.05, 0.1) is 47.6 Å². The lowest BCUT2D eigenvalue weighted by Gasteiger charge is -2.25. The van der Waals surface area contributed by atoms with Gasteiger partial charge >= 0.3 is 0 Å². The van der Waals surface area contributed by atoms with Crippen LogP contribution < -0.4 is 3.53 Å². The number of nitrogens with one attached hydrogen (secondary N) is 1. The Morgan fingerprint density at radius 2 is 2.21 bits per heavy atom. The van der Waals surface area contributed by atoms with Crippen LogP contribution in [0.5, 0.6) is 0 Å². The molecule has 0 rings (SSSR count). The molecule has 1 unspecified atom stereocenters. The Labute approximate surface area is 98.9 Å². The first-order valence-corrected chi connectivity index (χ1v) is 5.70. The molecule has 2 N–H and O–H groups in total. The maximum Gasteiger partial charge on any atom is 0.236 e. The number of halogens is 1. The van der Waals surface area contributed by atoms with Crippen molar-refractivity contribution >= 4 is 28.8 Å². The Hall–Kier alpha value is 0.120. The van der Waals surface area contributed by atoms with Gasteiger partial charge in [0.25, 0.3) is 0 Å². The molecule has 1 atom stereocenters. The van der Waals surface area contributed by atoms with Crippen molar-refractivity contribution in [2.75, 3.05) is 13.2 Å². The number of rotatable bonds is 6. The highest BCUT2D eigenvalue weighted by Crippen LogP contribution is 2.15. The van der Waals surface area contributed by atoms with Gasteiger partial charge in [-0.3, -0.25) is 8.32 Å². The fraction of sp³-hybridized carbons (Fsp3) is 0.889. The molecule has 84 valence electrons. The van der Waals surface area contributed by atoms with E-state index in [2.05, 4.69) is 3.53 Å². The van der Waals surface area contributed by atoms with Gasteiger partial charge in [-0.2, -0.15) is 0 Å². The molecule has 0 aromatic rings. The second-order valence-electron chi connectivity index (χ2n) is 3.76. The van der Waals surface area contributed by atoms with E-state index >= 15 is 0 Å². The van der Waals surface area contributed by atoms with Crippen molar-refractivity contribution in [2.45, 2.75) is 32.8 Å². The lowest BCUT2D eigenvalue weighted by molar-refractivity contribution is -0.129. The molecule has 0 aromatic heterocycles. The maximum atomic E-state index is 11.2. The first-order chi connectivity index (χ1) is 6.46. The summed E-state index contributed by atoms with van der Waals surface area (Å²) >= 11 is 1.76. The van der Waals surface area contributed by atoms with E-state index in [0.717, 1.165) is 6.42 Å². The molecular weight excluding hydrogens is 297 g/mol. The zero-order valence-corrected chi connectivity index (χ0v) is 11.0. The number of aliphatic hydroxyl groups excluding tert-OH is 1. The Bertz CT molecular complexity index is 185. The number of hydrogen-bond donors (Lipinski definition) is 2. The molecule has 0 saturated carbocycles. The molecule has 0 fully saturated rings. The minimum absolute atomic E-state index is 0.186.